The first kappa shape index (κ1) is 13.8. The highest BCUT2D eigenvalue weighted by Gasteiger charge is 2.17. The highest BCUT2D eigenvalue weighted by Crippen LogP contribution is 2.32. The number of halogens is 1. The smallest absolute Gasteiger partial charge is 0.0587 e. The molecule has 0 aliphatic carbocycles. The van der Waals surface area contributed by atoms with E-state index in [1.807, 2.05) is 18.4 Å². The SMILES string of the molecule is CNC(c1ccc(Br)cc1C)c1cc(C)sc1C. The van der Waals surface area contributed by atoms with Crippen LogP contribution in [0.1, 0.15) is 32.5 Å². The minimum absolute atomic E-state index is 0.281. The van der Waals surface area contributed by atoms with E-state index in [0.717, 1.165) is 4.47 Å². The summed E-state index contributed by atoms with van der Waals surface area (Å²) in [5.74, 6) is 0. The van der Waals surface area contributed by atoms with Crippen LogP contribution in [0, 0.1) is 20.8 Å². The molecule has 0 saturated heterocycles. The van der Waals surface area contributed by atoms with Gasteiger partial charge in [-0.3, -0.25) is 0 Å². The number of rotatable bonds is 3. The lowest BCUT2D eigenvalue weighted by Crippen LogP contribution is -2.18. The Bertz CT molecular complexity index is 560. The Morgan fingerprint density at radius 2 is 1.83 bits per heavy atom. The van der Waals surface area contributed by atoms with E-state index in [1.54, 1.807) is 0 Å². The molecule has 2 rings (SSSR count). The standard InChI is InChI=1S/C15H18BrNS/c1-9-7-12(16)5-6-13(9)15(17-4)14-8-10(2)18-11(14)3/h5-8,15,17H,1-4H3. The van der Waals surface area contributed by atoms with Crippen molar-refractivity contribution in [2.24, 2.45) is 0 Å². The summed E-state index contributed by atoms with van der Waals surface area (Å²) >= 11 is 5.39. The zero-order valence-electron chi connectivity index (χ0n) is 11.2. The third-order valence-corrected chi connectivity index (χ3v) is 4.70. The van der Waals surface area contributed by atoms with Gasteiger partial charge in [-0.25, -0.2) is 0 Å². The highest BCUT2D eigenvalue weighted by molar-refractivity contribution is 9.10. The van der Waals surface area contributed by atoms with Gasteiger partial charge in [-0.2, -0.15) is 0 Å². The van der Waals surface area contributed by atoms with E-state index in [0.29, 0.717) is 0 Å². The summed E-state index contributed by atoms with van der Waals surface area (Å²) in [6.07, 6.45) is 0. The summed E-state index contributed by atoms with van der Waals surface area (Å²) in [5.41, 5.74) is 4.05. The summed E-state index contributed by atoms with van der Waals surface area (Å²) < 4.78 is 1.14. The third-order valence-electron chi connectivity index (χ3n) is 3.22. The summed E-state index contributed by atoms with van der Waals surface area (Å²) in [4.78, 5) is 2.77. The van der Waals surface area contributed by atoms with Crippen molar-refractivity contribution in [1.82, 2.24) is 5.32 Å². The van der Waals surface area contributed by atoms with Gasteiger partial charge in [0.25, 0.3) is 0 Å². The van der Waals surface area contributed by atoms with Crippen molar-refractivity contribution < 1.29 is 0 Å². The topological polar surface area (TPSA) is 12.0 Å². The van der Waals surface area contributed by atoms with Gasteiger partial charge in [-0.05, 0) is 62.7 Å². The number of thiophene rings is 1. The van der Waals surface area contributed by atoms with Crippen molar-refractivity contribution in [3.63, 3.8) is 0 Å². The van der Waals surface area contributed by atoms with Crippen LogP contribution in [0.2, 0.25) is 0 Å². The molecule has 1 heterocycles. The molecule has 1 aromatic carbocycles. The van der Waals surface area contributed by atoms with Crippen molar-refractivity contribution in [3.05, 3.63) is 55.2 Å². The van der Waals surface area contributed by atoms with Crippen LogP contribution in [-0.2, 0) is 0 Å². The Morgan fingerprint density at radius 1 is 1.11 bits per heavy atom. The quantitative estimate of drug-likeness (QED) is 0.859. The number of aryl methyl sites for hydroxylation is 3. The molecule has 1 unspecified atom stereocenters. The molecule has 1 nitrogen and oxygen atoms in total. The van der Waals surface area contributed by atoms with Crippen LogP contribution >= 0.6 is 27.3 Å². The first-order chi connectivity index (χ1) is 8.52. The first-order valence-electron chi connectivity index (χ1n) is 6.03. The maximum atomic E-state index is 3.52. The van der Waals surface area contributed by atoms with Crippen LogP contribution < -0.4 is 5.32 Å². The molecule has 0 amide bonds. The first-order valence-corrected chi connectivity index (χ1v) is 7.64. The fourth-order valence-corrected chi connectivity index (χ4v) is 3.82. The van der Waals surface area contributed by atoms with Crippen LogP contribution in [-0.4, -0.2) is 7.05 Å². The Balaban J connectivity index is 2.48. The van der Waals surface area contributed by atoms with Crippen molar-refractivity contribution >= 4 is 27.3 Å². The van der Waals surface area contributed by atoms with Crippen LogP contribution in [0.4, 0.5) is 0 Å². The van der Waals surface area contributed by atoms with E-state index in [2.05, 4.69) is 66.3 Å². The molecule has 2 aromatic rings. The van der Waals surface area contributed by atoms with Gasteiger partial charge in [0.05, 0.1) is 6.04 Å². The lowest BCUT2D eigenvalue weighted by Gasteiger charge is -2.19. The van der Waals surface area contributed by atoms with Crippen molar-refractivity contribution in [2.75, 3.05) is 7.05 Å². The van der Waals surface area contributed by atoms with Gasteiger partial charge in [0.2, 0.25) is 0 Å². The summed E-state index contributed by atoms with van der Waals surface area (Å²) in [7, 11) is 2.03. The van der Waals surface area contributed by atoms with Crippen LogP contribution in [0.3, 0.4) is 0 Å². The van der Waals surface area contributed by atoms with Gasteiger partial charge in [0.1, 0.15) is 0 Å². The Morgan fingerprint density at radius 3 is 2.33 bits per heavy atom. The molecule has 1 aromatic heterocycles. The number of benzene rings is 1. The molecule has 0 radical (unpaired) electrons. The van der Waals surface area contributed by atoms with Gasteiger partial charge in [0.15, 0.2) is 0 Å². The predicted octanol–water partition coefficient (Wildman–Crippen LogP) is 4.74. The maximum Gasteiger partial charge on any atom is 0.0587 e. The van der Waals surface area contributed by atoms with E-state index in [1.165, 1.54) is 26.4 Å². The van der Waals surface area contributed by atoms with Gasteiger partial charge in [-0.15, -0.1) is 11.3 Å². The molecule has 1 atom stereocenters. The molecular weight excluding hydrogens is 306 g/mol. The second-order valence-electron chi connectivity index (χ2n) is 4.59. The van der Waals surface area contributed by atoms with E-state index >= 15 is 0 Å². The fourth-order valence-electron chi connectivity index (χ4n) is 2.38. The van der Waals surface area contributed by atoms with Crippen LogP contribution in [0.5, 0.6) is 0 Å². The molecule has 0 aliphatic rings. The number of hydrogen-bond acceptors (Lipinski definition) is 2. The second kappa shape index (κ2) is 5.55. The van der Waals surface area contributed by atoms with Crippen molar-refractivity contribution in [3.8, 4) is 0 Å². The Hall–Kier alpha value is -0.640. The number of nitrogens with one attached hydrogen (secondary N) is 1. The van der Waals surface area contributed by atoms with E-state index < -0.39 is 0 Å². The van der Waals surface area contributed by atoms with Crippen molar-refractivity contribution in [1.29, 1.82) is 0 Å². The average Bonchev–Trinajstić information content (AvgIpc) is 2.62. The third kappa shape index (κ3) is 2.68. The summed E-state index contributed by atoms with van der Waals surface area (Å²) in [6, 6.07) is 9.06. The fraction of sp³-hybridized carbons (Fsp3) is 0.333. The molecule has 0 fully saturated rings. The van der Waals surface area contributed by atoms with E-state index in [9.17, 15) is 0 Å². The molecule has 0 bridgehead atoms. The molecule has 1 N–H and O–H groups in total. The Labute approximate surface area is 121 Å². The van der Waals surface area contributed by atoms with Crippen LogP contribution in [0.15, 0.2) is 28.7 Å². The van der Waals surface area contributed by atoms with Gasteiger partial charge < -0.3 is 5.32 Å². The van der Waals surface area contributed by atoms with Gasteiger partial charge in [-0.1, -0.05) is 22.0 Å². The van der Waals surface area contributed by atoms with E-state index in [-0.39, 0.29) is 6.04 Å². The maximum absolute atomic E-state index is 3.52. The minimum atomic E-state index is 0.281. The van der Waals surface area contributed by atoms with E-state index in [4.69, 9.17) is 0 Å². The zero-order valence-corrected chi connectivity index (χ0v) is 13.6. The molecule has 0 saturated carbocycles. The largest absolute Gasteiger partial charge is 0.309 e. The second-order valence-corrected chi connectivity index (χ2v) is 6.97. The molecule has 0 spiro atoms. The van der Waals surface area contributed by atoms with Crippen molar-refractivity contribution in [2.45, 2.75) is 26.8 Å². The Kier molecular flexibility index (Phi) is 4.25. The molecule has 96 valence electrons. The van der Waals surface area contributed by atoms with Crippen LogP contribution in [0.25, 0.3) is 0 Å². The molecule has 18 heavy (non-hydrogen) atoms. The molecule has 0 aliphatic heterocycles. The van der Waals surface area contributed by atoms with Gasteiger partial charge >= 0.3 is 0 Å². The van der Waals surface area contributed by atoms with Gasteiger partial charge in [0, 0.05) is 14.2 Å². The molecular formula is C15H18BrNS. The summed E-state index contributed by atoms with van der Waals surface area (Å²) in [6.45, 7) is 6.53. The lowest BCUT2D eigenvalue weighted by molar-refractivity contribution is 0.686. The number of hydrogen-bond donors (Lipinski definition) is 1. The molecule has 3 heteroatoms. The highest BCUT2D eigenvalue weighted by atomic mass is 79.9. The lowest BCUT2D eigenvalue weighted by atomic mass is 9.95. The predicted molar refractivity (Wildman–Crippen MR) is 83.6 cm³/mol. The summed E-state index contributed by atoms with van der Waals surface area (Å²) in [5, 5.41) is 3.44. The minimum Gasteiger partial charge on any atom is -0.309 e. The normalized spacial score (nSPS) is 12.7. The monoisotopic (exact) mass is 323 g/mol. The zero-order chi connectivity index (χ0) is 13.3. The average molecular weight is 324 g/mol.